The van der Waals surface area contributed by atoms with Crippen molar-refractivity contribution in [1.29, 1.82) is 0 Å². The third kappa shape index (κ3) is 2.68. The third-order valence-electron chi connectivity index (χ3n) is 5.69. The van der Waals surface area contributed by atoms with Gasteiger partial charge in [-0.15, -0.1) is 0 Å². The lowest BCUT2D eigenvalue weighted by atomic mass is 9.95. The number of aliphatic imine (C=N–C) groups is 1. The number of rotatable bonds is 4. The van der Waals surface area contributed by atoms with Gasteiger partial charge in [-0.25, -0.2) is 0 Å². The number of hydrogen-bond donors (Lipinski definition) is 0. The summed E-state index contributed by atoms with van der Waals surface area (Å²) in [6.45, 7) is 11.3. The van der Waals surface area contributed by atoms with E-state index in [1.165, 1.54) is 22.1 Å². The van der Waals surface area contributed by atoms with Crippen LogP contribution >= 0.6 is 11.8 Å². The van der Waals surface area contributed by atoms with Crippen molar-refractivity contribution in [3.63, 3.8) is 0 Å². The van der Waals surface area contributed by atoms with E-state index in [0.29, 0.717) is 12.1 Å². The Bertz CT molecular complexity index is 824. The van der Waals surface area contributed by atoms with Crippen LogP contribution < -0.4 is 0 Å². The molecule has 26 heavy (non-hydrogen) atoms. The van der Waals surface area contributed by atoms with Crippen molar-refractivity contribution in [3.8, 4) is 0 Å². The molecule has 0 amide bonds. The standard InChI is InChI=1S/C21H28N4S/c1-6-16-12-26-21-23-19(18-9-7-8-10-22-18)20(25(16)21)17-11-14(4)24(13(2)3)15(17)5/h7-11,13,16,19-20H,6,12H2,1-5H3/t16-,19-,20+/m0/s1. The molecule has 0 bridgehead atoms. The van der Waals surface area contributed by atoms with Gasteiger partial charge in [-0.2, -0.15) is 0 Å². The van der Waals surface area contributed by atoms with E-state index in [0.717, 1.165) is 17.9 Å². The predicted molar refractivity (Wildman–Crippen MR) is 110 cm³/mol. The summed E-state index contributed by atoms with van der Waals surface area (Å²) in [6.07, 6.45) is 3.04. The van der Waals surface area contributed by atoms with E-state index >= 15 is 0 Å². The second-order valence-electron chi connectivity index (χ2n) is 7.63. The minimum atomic E-state index is 0.0779. The molecule has 1 saturated heterocycles. The normalized spacial score (nSPS) is 25.1. The second-order valence-corrected chi connectivity index (χ2v) is 8.61. The van der Waals surface area contributed by atoms with Crippen molar-refractivity contribution in [2.24, 2.45) is 4.99 Å². The first-order valence-corrected chi connectivity index (χ1v) is 10.6. The van der Waals surface area contributed by atoms with E-state index in [1.807, 2.05) is 24.0 Å². The fourth-order valence-corrected chi connectivity index (χ4v) is 5.92. The molecule has 2 aromatic heterocycles. The first-order valence-electron chi connectivity index (χ1n) is 9.61. The molecule has 0 N–H and O–H groups in total. The summed E-state index contributed by atoms with van der Waals surface area (Å²) in [7, 11) is 0. The molecule has 4 nitrogen and oxygen atoms in total. The summed E-state index contributed by atoms with van der Waals surface area (Å²) < 4.78 is 2.45. The quantitative estimate of drug-likeness (QED) is 0.756. The van der Waals surface area contributed by atoms with Gasteiger partial charge in [0.1, 0.15) is 6.04 Å². The lowest BCUT2D eigenvalue weighted by molar-refractivity contribution is 0.254. The monoisotopic (exact) mass is 368 g/mol. The third-order valence-corrected chi connectivity index (χ3v) is 6.81. The van der Waals surface area contributed by atoms with Gasteiger partial charge in [0.05, 0.1) is 11.7 Å². The lowest BCUT2D eigenvalue weighted by Crippen LogP contribution is -2.35. The highest BCUT2D eigenvalue weighted by molar-refractivity contribution is 8.14. The zero-order valence-corrected chi connectivity index (χ0v) is 17.1. The zero-order chi connectivity index (χ0) is 18.4. The van der Waals surface area contributed by atoms with Gasteiger partial charge in [0.2, 0.25) is 0 Å². The molecule has 1 fully saturated rings. The molecule has 0 unspecified atom stereocenters. The number of fused-ring (bicyclic) bond motifs is 1. The Hall–Kier alpha value is -1.75. The van der Waals surface area contributed by atoms with Crippen molar-refractivity contribution in [2.75, 3.05) is 5.75 Å². The van der Waals surface area contributed by atoms with Gasteiger partial charge < -0.3 is 9.47 Å². The smallest absolute Gasteiger partial charge is 0.160 e. The van der Waals surface area contributed by atoms with Crippen molar-refractivity contribution in [1.82, 2.24) is 14.5 Å². The van der Waals surface area contributed by atoms with Gasteiger partial charge >= 0.3 is 0 Å². The first-order chi connectivity index (χ1) is 12.5. The van der Waals surface area contributed by atoms with Gasteiger partial charge in [0.25, 0.3) is 0 Å². The van der Waals surface area contributed by atoms with Crippen LogP contribution in [0.25, 0.3) is 0 Å². The number of amidine groups is 1. The second kappa shape index (κ2) is 6.76. The molecule has 4 rings (SSSR count). The molecule has 2 aliphatic rings. The largest absolute Gasteiger partial charge is 0.346 e. The van der Waals surface area contributed by atoms with Crippen LogP contribution in [0.1, 0.15) is 68.0 Å². The van der Waals surface area contributed by atoms with Crippen molar-refractivity contribution < 1.29 is 0 Å². The van der Waals surface area contributed by atoms with Gasteiger partial charge in [-0.3, -0.25) is 9.98 Å². The van der Waals surface area contributed by atoms with Crippen molar-refractivity contribution in [3.05, 3.63) is 53.1 Å². The summed E-state index contributed by atoms with van der Waals surface area (Å²) in [6, 6.07) is 9.91. The fraction of sp³-hybridized carbons (Fsp3) is 0.524. The molecule has 2 aromatic rings. The molecular formula is C21H28N4S. The maximum absolute atomic E-state index is 5.13. The first kappa shape index (κ1) is 17.7. The Balaban J connectivity index is 1.84. The van der Waals surface area contributed by atoms with Crippen LogP contribution in [-0.2, 0) is 0 Å². The minimum absolute atomic E-state index is 0.0779. The predicted octanol–water partition coefficient (Wildman–Crippen LogP) is 5.06. The minimum Gasteiger partial charge on any atom is -0.346 e. The average molecular weight is 369 g/mol. The van der Waals surface area contributed by atoms with Gasteiger partial charge in [-0.05, 0) is 57.9 Å². The molecule has 2 aliphatic heterocycles. The number of thioether (sulfide) groups is 1. The number of aromatic nitrogens is 2. The molecule has 0 radical (unpaired) electrons. The molecule has 138 valence electrons. The summed E-state index contributed by atoms with van der Waals surface area (Å²) in [5.41, 5.74) is 5.18. The van der Waals surface area contributed by atoms with Crippen molar-refractivity contribution in [2.45, 2.75) is 65.2 Å². The van der Waals surface area contributed by atoms with Crippen LogP contribution in [0.4, 0.5) is 0 Å². The van der Waals surface area contributed by atoms with Crippen LogP contribution in [0.15, 0.2) is 35.5 Å². The average Bonchev–Trinajstić information content (AvgIpc) is 3.27. The van der Waals surface area contributed by atoms with Gasteiger partial charge in [0, 0.05) is 35.4 Å². The molecule has 0 aromatic carbocycles. The number of pyridine rings is 1. The number of nitrogens with zero attached hydrogens (tertiary/aromatic N) is 4. The molecule has 0 aliphatic carbocycles. The molecular weight excluding hydrogens is 340 g/mol. The molecule has 4 heterocycles. The fourth-order valence-electron chi connectivity index (χ4n) is 4.58. The number of aryl methyl sites for hydroxylation is 1. The van der Waals surface area contributed by atoms with Crippen LogP contribution in [0, 0.1) is 13.8 Å². The van der Waals surface area contributed by atoms with Crippen molar-refractivity contribution >= 4 is 16.9 Å². The topological polar surface area (TPSA) is 33.4 Å². The van der Waals surface area contributed by atoms with E-state index < -0.39 is 0 Å². The number of hydrogen-bond acceptors (Lipinski definition) is 4. The van der Waals surface area contributed by atoms with Crippen LogP contribution in [-0.4, -0.2) is 31.4 Å². The van der Waals surface area contributed by atoms with Gasteiger partial charge in [0.15, 0.2) is 5.17 Å². The Kier molecular flexibility index (Phi) is 4.59. The van der Waals surface area contributed by atoms with E-state index in [2.05, 4.69) is 67.3 Å². The SMILES string of the molecule is CC[C@H]1CSC2=N[C@@H](c3ccccn3)[C@@H](c3cc(C)n(C(C)C)c3C)N21. The molecule has 0 spiro atoms. The lowest BCUT2D eigenvalue weighted by Gasteiger charge is -2.32. The Morgan fingerprint density at radius 1 is 1.27 bits per heavy atom. The Morgan fingerprint density at radius 3 is 2.69 bits per heavy atom. The molecule has 3 atom stereocenters. The van der Waals surface area contributed by atoms with E-state index in [1.54, 1.807) is 0 Å². The molecule has 5 heteroatoms. The Morgan fingerprint density at radius 2 is 2.08 bits per heavy atom. The maximum Gasteiger partial charge on any atom is 0.160 e. The van der Waals surface area contributed by atoms with E-state index in [4.69, 9.17) is 4.99 Å². The highest BCUT2D eigenvalue weighted by Gasteiger charge is 2.46. The Labute approximate surface area is 160 Å². The van der Waals surface area contributed by atoms with Crippen LogP contribution in [0.5, 0.6) is 0 Å². The van der Waals surface area contributed by atoms with Crippen LogP contribution in [0.2, 0.25) is 0 Å². The molecule has 0 saturated carbocycles. The zero-order valence-electron chi connectivity index (χ0n) is 16.3. The van der Waals surface area contributed by atoms with E-state index in [-0.39, 0.29) is 12.1 Å². The summed E-state index contributed by atoms with van der Waals surface area (Å²) >= 11 is 1.91. The summed E-state index contributed by atoms with van der Waals surface area (Å²) in [4.78, 5) is 12.4. The maximum atomic E-state index is 5.13. The summed E-state index contributed by atoms with van der Waals surface area (Å²) in [5, 5.41) is 1.20. The van der Waals surface area contributed by atoms with E-state index in [9.17, 15) is 0 Å². The summed E-state index contributed by atoms with van der Waals surface area (Å²) in [5.74, 6) is 1.14. The van der Waals surface area contributed by atoms with Gasteiger partial charge in [-0.1, -0.05) is 24.8 Å². The van der Waals surface area contributed by atoms with Crippen LogP contribution in [0.3, 0.4) is 0 Å². The highest BCUT2D eigenvalue weighted by atomic mass is 32.2. The highest BCUT2D eigenvalue weighted by Crippen LogP contribution is 2.49.